The molecule has 4 nitrogen and oxygen atoms in total. The number of benzene rings is 1. The van der Waals surface area contributed by atoms with Crippen LogP contribution in [0.4, 0.5) is 5.69 Å². The number of nitrogens with one attached hydrogen (secondary N) is 1. The summed E-state index contributed by atoms with van der Waals surface area (Å²) in [7, 11) is 0. The lowest BCUT2D eigenvalue weighted by Crippen LogP contribution is -2.05. The van der Waals surface area contributed by atoms with Crippen molar-refractivity contribution in [3.05, 3.63) is 42.0 Å². The van der Waals surface area contributed by atoms with Gasteiger partial charge in [-0.2, -0.15) is 0 Å². The van der Waals surface area contributed by atoms with Gasteiger partial charge in [0.2, 0.25) is 5.91 Å². The van der Waals surface area contributed by atoms with Gasteiger partial charge in [-0.15, -0.1) is 11.3 Å². The summed E-state index contributed by atoms with van der Waals surface area (Å²) in [5.74, 6) is -0.0681. The zero-order valence-corrected chi connectivity index (χ0v) is 12.3. The Morgan fingerprint density at radius 2 is 2.00 bits per heavy atom. The third-order valence-corrected chi connectivity index (χ3v) is 4.65. The minimum absolute atomic E-state index is 0.0681. The lowest BCUT2D eigenvalue weighted by molar-refractivity contribution is -0.114. The fraction of sp³-hybridized carbons (Fsp3) is 0.0714. The zero-order chi connectivity index (χ0) is 13.9. The summed E-state index contributed by atoms with van der Waals surface area (Å²) in [6, 6.07) is 9.70. The van der Waals surface area contributed by atoms with E-state index < -0.39 is 0 Å². The van der Waals surface area contributed by atoms with Crippen molar-refractivity contribution in [3.8, 4) is 0 Å². The standard InChI is InChI=1S/C14H11N3OS2/c1-9(18)17-10-2-4-11(5-3-10)20-14-13-12(6-7-19-13)15-8-16-14/h2-8H,1H3,(H,17,18). The first-order valence-electron chi connectivity index (χ1n) is 5.96. The Hall–Kier alpha value is -1.92. The van der Waals surface area contributed by atoms with Gasteiger partial charge < -0.3 is 5.32 Å². The Bertz CT molecular complexity index is 752. The second kappa shape index (κ2) is 5.60. The molecule has 1 N–H and O–H groups in total. The maximum atomic E-state index is 11.0. The van der Waals surface area contributed by atoms with Gasteiger partial charge in [0, 0.05) is 17.5 Å². The molecule has 0 atom stereocenters. The Morgan fingerprint density at radius 3 is 2.75 bits per heavy atom. The third kappa shape index (κ3) is 2.81. The number of thiophene rings is 1. The topological polar surface area (TPSA) is 54.9 Å². The van der Waals surface area contributed by atoms with Crippen LogP contribution in [0.1, 0.15) is 6.92 Å². The van der Waals surface area contributed by atoms with Crippen LogP contribution in [0.5, 0.6) is 0 Å². The van der Waals surface area contributed by atoms with Crippen LogP contribution in [0.2, 0.25) is 0 Å². The summed E-state index contributed by atoms with van der Waals surface area (Å²) in [6.07, 6.45) is 1.59. The Morgan fingerprint density at radius 1 is 1.20 bits per heavy atom. The molecule has 0 aliphatic rings. The van der Waals surface area contributed by atoms with Crippen LogP contribution in [0.25, 0.3) is 10.2 Å². The highest BCUT2D eigenvalue weighted by Gasteiger charge is 2.07. The Kier molecular flexibility index (Phi) is 3.66. The normalized spacial score (nSPS) is 10.7. The summed E-state index contributed by atoms with van der Waals surface area (Å²) < 4.78 is 1.10. The number of hydrogen-bond acceptors (Lipinski definition) is 5. The van der Waals surface area contributed by atoms with E-state index in [0.29, 0.717) is 0 Å². The molecular formula is C14H11N3OS2. The maximum Gasteiger partial charge on any atom is 0.221 e. The Labute approximate surface area is 124 Å². The molecule has 1 aromatic carbocycles. The second-order valence-electron chi connectivity index (χ2n) is 4.12. The van der Waals surface area contributed by atoms with Crippen molar-refractivity contribution in [2.45, 2.75) is 16.8 Å². The molecule has 100 valence electrons. The maximum absolute atomic E-state index is 11.0. The highest BCUT2D eigenvalue weighted by molar-refractivity contribution is 7.99. The number of rotatable bonds is 3. The van der Waals surface area contributed by atoms with Gasteiger partial charge >= 0.3 is 0 Å². The summed E-state index contributed by atoms with van der Waals surface area (Å²) >= 11 is 3.24. The molecule has 0 aliphatic heterocycles. The van der Waals surface area contributed by atoms with Crippen LogP contribution < -0.4 is 5.32 Å². The van der Waals surface area contributed by atoms with Gasteiger partial charge in [-0.3, -0.25) is 4.79 Å². The third-order valence-electron chi connectivity index (χ3n) is 2.60. The van der Waals surface area contributed by atoms with Crippen LogP contribution in [0, 0.1) is 0 Å². The fourth-order valence-electron chi connectivity index (χ4n) is 1.76. The van der Waals surface area contributed by atoms with Crippen LogP contribution in [-0.2, 0) is 4.79 Å². The predicted molar refractivity (Wildman–Crippen MR) is 82.3 cm³/mol. The van der Waals surface area contributed by atoms with E-state index in [2.05, 4.69) is 15.3 Å². The van der Waals surface area contributed by atoms with Crippen LogP contribution in [0.15, 0.2) is 52.0 Å². The van der Waals surface area contributed by atoms with Gasteiger partial charge in [0.05, 0.1) is 10.2 Å². The first-order valence-corrected chi connectivity index (χ1v) is 7.66. The molecule has 0 aliphatic carbocycles. The van der Waals surface area contributed by atoms with E-state index in [0.717, 1.165) is 25.8 Å². The average Bonchev–Trinajstić information content (AvgIpc) is 2.90. The molecule has 2 aromatic heterocycles. The van der Waals surface area contributed by atoms with Crippen LogP contribution in [-0.4, -0.2) is 15.9 Å². The van der Waals surface area contributed by atoms with E-state index in [1.807, 2.05) is 35.7 Å². The molecule has 20 heavy (non-hydrogen) atoms. The highest BCUT2D eigenvalue weighted by atomic mass is 32.2. The summed E-state index contributed by atoms with van der Waals surface area (Å²) in [6.45, 7) is 1.50. The lowest BCUT2D eigenvalue weighted by Gasteiger charge is -2.04. The molecule has 1 amide bonds. The molecule has 0 saturated heterocycles. The van der Waals surface area contributed by atoms with Crippen LogP contribution in [0.3, 0.4) is 0 Å². The first-order chi connectivity index (χ1) is 9.72. The van der Waals surface area contributed by atoms with E-state index in [4.69, 9.17) is 0 Å². The average molecular weight is 301 g/mol. The quantitative estimate of drug-likeness (QED) is 0.748. The molecule has 0 saturated carbocycles. The number of hydrogen-bond donors (Lipinski definition) is 1. The lowest BCUT2D eigenvalue weighted by atomic mass is 10.3. The number of nitrogens with zero attached hydrogens (tertiary/aromatic N) is 2. The van der Waals surface area contributed by atoms with Gasteiger partial charge in [0.25, 0.3) is 0 Å². The van der Waals surface area contributed by atoms with E-state index >= 15 is 0 Å². The van der Waals surface area contributed by atoms with E-state index in [-0.39, 0.29) is 5.91 Å². The minimum Gasteiger partial charge on any atom is -0.326 e. The van der Waals surface area contributed by atoms with Crippen molar-refractivity contribution < 1.29 is 4.79 Å². The van der Waals surface area contributed by atoms with Gasteiger partial charge in [0.15, 0.2) is 0 Å². The molecular weight excluding hydrogens is 290 g/mol. The predicted octanol–water partition coefficient (Wildman–Crippen LogP) is 3.80. The van der Waals surface area contributed by atoms with Crippen molar-refractivity contribution >= 4 is 44.9 Å². The molecule has 3 aromatic rings. The van der Waals surface area contributed by atoms with Crippen molar-refractivity contribution in [1.29, 1.82) is 0 Å². The monoisotopic (exact) mass is 301 g/mol. The smallest absolute Gasteiger partial charge is 0.221 e. The number of carbonyl (C=O) groups excluding carboxylic acids is 1. The molecule has 0 unspecified atom stereocenters. The highest BCUT2D eigenvalue weighted by Crippen LogP contribution is 2.33. The first kappa shape index (κ1) is 13.1. The van der Waals surface area contributed by atoms with Crippen LogP contribution >= 0.6 is 23.1 Å². The number of carbonyl (C=O) groups is 1. The summed E-state index contributed by atoms with van der Waals surface area (Å²) in [5, 5.41) is 5.72. The number of amides is 1. The number of aromatic nitrogens is 2. The van der Waals surface area contributed by atoms with Gasteiger partial charge in [-0.25, -0.2) is 9.97 Å². The summed E-state index contributed by atoms with van der Waals surface area (Å²) in [4.78, 5) is 20.6. The van der Waals surface area contributed by atoms with Gasteiger partial charge in [0.1, 0.15) is 11.4 Å². The molecule has 3 rings (SSSR count). The largest absolute Gasteiger partial charge is 0.326 e. The number of fused-ring (bicyclic) bond motifs is 1. The molecule has 0 spiro atoms. The number of anilines is 1. The van der Waals surface area contributed by atoms with E-state index in [1.165, 1.54) is 6.92 Å². The SMILES string of the molecule is CC(=O)Nc1ccc(Sc2ncnc3ccsc23)cc1. The van der Waals surface area contributed by atoms with E-state index in [9.17, 15) is 4.79 Å². The van der Waals surface area contributed by atoms with Gasteiger partial charge in [-0.05, 0) is 35.7 Å². The molecule has 0 radical (unpaired) electrons. The van der Waals surface area contributed by atoms with Crippen molar-refractivity contribution in [2.75, 3.05) is 5.32 Å². The molecule has 0 bridgehead atoms. The molecule has 0 fully saturated rings. The zero-order valence-electron chi connectivity index (χ0n) is 10.7. The fourth-order valence-corrected chi connectivity index (χ4v) is 3.55. The van der Waals surface area contributed by atoms with Crippen molar-refractivity contribution in [2.24, 2.45) is 0 Å². The summed E-state index contributed by atoms with van der Waals surface area (Å²) in [5.41, 5.74) is 1.77. The minimum atomic E-state index is -0.0681. The van der Waals surface area contributed by atoms with Crippen molar-refractivity contribution in [1.82, 2.24) is 9.97 Å². The van der Waals surface area contributed by atoms with Crippen molar-refractivity contribution in [3.63, 3.8) is 0 Å². The molecule has 6 heteroatoms. The Balaban J connectivity index is 1.84. The second-order valence-corrected chi connectivity index (χ2v) is 6.10. The van der Waals surface area contributed by atoms with Gasteiger partial charge in [-0.1, -0.05) is 11.8 Å². The molecule has 2 heterocycles. The van der Waals surface area contributed by atoms with E-state index in [1.54, 1.807) is 29.4 Å².